The van der Waals surface area contributed by atoms with Crippen molar-refractivity contribution < 1.29 is 4.39 Å². The summed E-state index contributed by atoms with van der Waals surface area (Å²) in [5.41, 5.74) is 8.48. The SMILES string of the molecule is CN(C)c1ccc(-c2ccc(N)cc2F)cc1. The van der Waals surface area contributed by atoms with Gasteiger partial charge in [0.25, 0.3) is 0 Å². The molecule has 0 bridgehead atoms. The average Bonchev–Trinajstić information content (AvgIpc) is 2.29. The topological polar surface area (TPSA) is 29.3 Å². The normalized spacial score (nSPS) is 10.3. The number of hydrogen-bond acceptors (Lipinski definition) is 2. The zero-order chi connectivity index (χ0) is 12.4. The van der Waals surface area contributed by atoms with E-state index in [0.29, 0.717) is 11.3 Å². The van der Waals surface area contributed by atoms with Crippen LogP contribution >= 0.6 is 0 Å². The zero-order valence-corrected chi connectivity index (χ0v) is 9.94. The second kappa shape index (κ2) is 4.45. The Morgan fingerprint density at radius 3 is 2.18 bits per heavy atom. The Labute approximate surface area is 100 Å². The maximum atomic E-state index is 13.7. The third kappa shape index (κ3) is 2.38. The standard InChI is InChI=1S/C14H15FN2/c1-17(2)12-6-3-10(4-7-12)13-8-5-11(16)9-14(13)15/h3-9H,16H2,1-2H3. The lowest BCUT2D eigenvalue weighted by atomic mass is 10.0. The quantitative estimate of drug-likeness (QED) is 0.803. The van der Waals surface area contributed by atoms with Crippen molar-refractivity contribution in [2.75, 3.05) is 24.7 Å². The fraction of sp³-hybridized carbons (Fsp3) is 0.143. The molecule has 0 unspecified atom stereocenters. The van der Waals surface area contributed by atoms with Crippen molar-refractivity contribution in [3.05, 3.63) is 48.3 Å². The van der Waals surface area contributed by atoms with Gasteiger partial charge in [-0.15, -0.1) is 0 Å². The van der Waals surface area contributed by atoms with Crippen LogP contribution in [-0.4, -0.2) is 14.1 Å². The van der Waals surface area contributed by atoms with E-state index in [0.717, 1.165) is 11.3 Å². The molecule has 2 rings (SSSR count). The zero-order valence-electron chi connectivity index (χ0n) is 9.94. The molecular formula is C14H15FN2. The van der Waals surface area contributed by atoms with Gasteiger partial charge in [0.1, 0.15) is 5.82 Å². The molecule has 0 aliphatic rings. The molecule has 0 aliphatic heterocycles. The number of anilines is 2. The average molecular weight is 230 g/mol. The molecule has 0 aliphatic carbocycles. The number of nitrogens with two attached hydrogens (primary N) is 1. The third-order valence-electron chi connectivity index (χ3n) is 2.69. The van der Waals surface area contributed by atoms with Gasteiger partial charge in [0.15, 0.2) is 0 Å². The van der Waals surface area contributed by atoms with Gasteiger partial charge in [-0.1, -0.05) is 12.1 Å². The predicted molar refractivity (Wildman–Crippen MR) is 70.6 cm³/mol. The van der Waals surface area contributed by atoms with E-state index in [4.69, 9.17) is 5.73 Å². The summed E-state index contributed by atoms with van der Waals surface area (Å²) in [6.07, 6.45) is 0. The van der Waals surface area contributed by atoms with Gasteiger partial charge in [0.2, 0.25) is 0 Å². The molecule has 0 fully saturated rings. The van der Waals surface area contributed by atoms with Crippen LogP contribution in [0.4, 0.5) is 15.8 Å². The van der Waals surface area contributed by atoms with Crippen molar-refractivity contribution in [3.63, 3.8) is 0 Å². The number of benzene rings is 2. The summed E-state index contributed by atoms with van der Waals surface area (Å²) in [5, 5.41) is 0. The Bertz CT molecular complexity index is 518. The van der Waals surface area contributed by atoms with Gasteiger partial charge >= 0.3 is 0 Å². The summed E-state index contributed by atoms with van der Waals surface area (Å²) < 4.78 is 13.7. The Morgan fingerprint density at radius 1 is 1.00 bits per heavy atom. The fourth-order valence-corrected chi connectivity index (χ4v) is 1.70. The Hall–Kier alpha value is -2.03. The maximum Gasteiger partial charge on any atom is 0.133 e. The van der Waals surface area contributed by atoms with Crippen molar-refractivity contribution in [3.8, 4) is 11.1 Å². The van der Waals surface area contributed by atoms with Gasteiger partial charge < -0.3 is 10.6 Å². The molecular weight excluding hydrogens is 215 g/mol. The van der Waals surface area contributed by atoms with E-state index in [1.807, 2.05) is 43.3 Å². The van der Waals surface area contributed by atoms with Crippen molar-refractivity contribution in [1.82, 2.24) is 0 Å². The van der Waals surface area contributed by atoms with Crippen LogP contribution in [0.1, 0.15) is 0 Å². The Balaban J connectivity index is 2.40. The second-order valence-corrected chi connectivity index (χ2v) is 4.18. The van der Waals surface area contributed by atoms with Crippen LogP contribution in [0.25, 0.3) is 11.1 Å². The Kier molecular flexibility index (Phi) is 3.00. The van der Waals surface area contributed by atoms with Gasteiger partial charge in [0.05, 0.1) is 0 Å². The summed E-state index contributed by atoms with van der Waals surface area (Å²) in [6, 6.07) is 12.5. The lowest BCUT2D eigenvalue weighted by Crippen LogP contribution is -2.07. The first-order valence-corrected chi connectivity index (χ1v) is 5.41. The van der Waals surface area contributed by atoms with Crippen LogP contribution in [0.5, 0.6) is 0 Å². The third-order valence-corrected chi connectivity index (χ3v) is 2.69. The van der Waals surface area contributed by atoms with E-state index in [9.17, 15) is 4.39 Å². The molecule has 2 aromatic rings. The minimum Gasteiger partial charge on any atom is -0.399 e. The summed E-state index contributed by atoms with van der Waals surface area (Å²) in [5.74, 6) is -0.289. The van der Waals surface area contributed by atoms with E-state index in [2.05, 4.69) is 0 Å². The molecule has 0 saturated heterocycles. The van der Waals surface area contributed by atoms with Crippen LogP contribution in [-0.2, 0) is 0 Å². The molecule has 88 valence electrons. The molecule has 2 aromatic carbocycles. The Morgan fingerprint density at radius 2 is 1.65 bits per heavy atom. The van der Waals surface area contributed by atoms with Gasteiger partial charge in [-0.05, 0) is 35.9 Å². The molecule has 0 aromatic heterocycles. The number of halogens is 1. The first-order valence-electron chi connectivity index (χ1n) is 5.41. The highest BCUT2D eigenvalue weighted by atomic mass is 19.1. The fourth-order valence-electron chi connectivity index (χ4n) is 1.70. The maximum absolute atomic E-state index is 13.7. The first-order chi connectivity index (χ1) is 8.08. The van der Waals surface area contributed by atoms with E-state index in [-0.39, 0.29) is 5.82 Å². The van der Waals surface area contributed by atoms with Crippen molar-refractivity contribution >= 4 is 11.4 Å². The predicted octanol–water partition coefficient (Wildman–Crippen LogP) is 3.14. The molecule has 0 spiro atoms. The van der Waals surface area contributed by atoms with Crippen LogP contribution in [0.3, 0.4) is 0 Å². The van der Waals surface area contributed by atoms with Crippen molar-refractivity contribution in [2.45, 2.75) is 0 Å². The minimum atomic E-state index is -0.289. The highest BCUT2D eigenvalue weighted by Gasteiger charge is 2.05. The van der Waals surface area contributed by atoms with Crippen molar-refractivity contribution in [1.29, 1.82) is 0 Å². The molecule has 0 radical (unpaired) electrons. The smallest absolute Gasteiger partial charge is 0.133 e. The van der Waals surface area contributed by atoms with Crippen LogP contribution < -0.4 is 10.6 Å². The molecule has 0 heterocycles. The summed E-state index contributed by atoms with van der Waals surface area (Å²) in [4.78, 5) is 2.00. The van der Waals surface area contributed by atoms with Crippen LogP contribution in [0.2, 0.25) is 0 Å². The number of rotatable bonds is 2. The van der Waals surface area contributed by atoms with Gasteiger partial charge in [0, 0.05) is 31.0 Å². The lowest BCUT2D eigenvalue weighted by molar-refractivity contribution is 0.632. The van der Waals surface area contributed by atoms with E-state index >= 15 is 0 Å². The monoisotopic (exact) mass is 230 g/mol. The molecule has 2 nitrogen and oxygen atoms in total. The first kappa shape index (κ1) is 11.5. The molecule has 17 heavy (non-hydrogen) atoms. The molecule has 0 saturated carbocycles. The summed E-state index contributed by atoms with van der Waals surface area (Å²) >= 11 is 0. The molecule has 0 amide bonds. The van der Waals surface area contributed by atoms with Crippen LogP contribution in [0, 0.1) is 5.82 Å². The van der Waals surface area contributed by atoms with Crippen molar-refractivity contribution in [2.24, 2.45) is 0 Å². The number of hydrogen-bond donors (Lipinski definition) is 1. The second-order valence-electron chi connectivity index (χ2n) is 4.18. The lowest BCUT2D eigenvalue weighted by Gasteiger charge is -2.13. The van der Waals surface area contributed by atoms with E-state index < -0.39 is 0 Å². The number of nitrogen functional groups attached to an aromatic ring is 1. The van der Waals surface area contributed by atoms with Gasteiger partial charge in [-0.3, -0.25) is 0 Å². The summed E-state index contributed by atoms with van der Waals surface area (Å²) in [7, 11) is 3.94. The van der Waals surface area contributed by atoms with E-state index in [1.165, 1.54) is 6.07 Å². The van der Waals surface area contributed by atoms with Gasteiger partial charge in [-0.25, -0.2) is 4.39 Å². The van der Waals surface area contributed by atoms with Crippen LogP contribution in [0.15, 0.2) is 42.5 Å². The minimum absolute atomic E-state index is 0.289. The molecule has 2 N–H and O–H groups in total. The van der Waals surface area contributed by atoms with E-state index in [1.54, 1.807) is 12.1 Å². The molecule has 0 atom stereocenters. The van der Waals surface area contributed by atoms with Gasteiger partial charge in [-0.2, -0.15) is 0 Å². The highest BCUT2D eigenvalue weighted by molar-refractivity contribution is 5.68. The highest BCUT2D eigenvalue weighted by Crippen LogP contribution is 2.26. The largest absolute Gasteiger partial charge is 0.399 e. The summed E-state index contributed by atoms with van der Waals surface area (Å²) in [6.45, 7) is 0. The number of nitrogens with zero attached hydrogens (tertiary/aromatic N) is 1. The molecule has 3 heteroatoms.